The third-order valence-corrected chi connectivity index (χ3v) is 8.01. The van der Waals surface area contributed by atoms with E-state index in [1.165, 1.54) is 4.90 Å². The van der Waals surface area contributed by atoms with Crippen LogP contribution >= 0.6 is 23.2 Å². The Labute approximate surface area is 247 Å². The predicted octanol–water partition coefficient (Wildman–Crippen LogP) is 5.48. The van der Waals surface area contributed by atoms with E-state index in [4.69, 9.17) is 23.2 Å². The number of rotatable bonds is 12. The predicted molar refractivity (Wildman–Crippen MR) is 162 cm³/mol. The van der Waals surface area contributed by atoms with Crippen molar-refractivity contribution < 1.29 is 18.0 Å². The van der Waals surface area contributed by atoms with Crippen molar-refractivity contribution >= 4 is 50.7 Å². The van der Waals surface area contributed by atoms with Crippen LogP contribution in [0.5, 0.6) is 0 Å². The molecule has 0 saturated heterocycles. The number of nitrogens with one attached hydrogen (secondary N) is 1. The standard InChI is InChI=1S/C30H35Cl2N3O4S/c1-21(2)18-33-30(37)28(16-23-10-6-5-7-11-23)34(19-24-13-14-25(31)17-27(24)32)29(36)20-35(40(4,38)39)26-12-8-9-22(3)15-26/h5-15,17,21,28H,16,18-20H2,1-4H3,(H,33,37). The Morgan fingerprint density at radius 3 is 2.25 bits per heavy atom. The van der Waals surface area contributed by atoms with E-state index < -0.39 is 28.5 Å². The Kier molecular flexibility index (Phi) is 11.0. The van der Waals surface area contributed by atoms with Crippen LogP contribution in [0.15, 0.2) is 72.8 Å². The van der Waals surface area contributed by atoms with Gasteiger partial charge in [-0.25, -0.2) is 8.42 Å². The van der Waals surface area contributed by atoms with Crippen LogP contribution in [0.4, 0.5) is 5.69 Å². The Bertz CT molecular complexity index is 1430. The van der Waals surface area contributed by atoms with Gasteiger partial charge in [-0.1, -0.05) is 85.6 Å². The monoisotopic (exact) mass is 603 g/mol. The lowest BCUT2D eigenvalue weighted by Gasteiger charge is -2.34. The van der Waals surface area contributed by atoms with Gasteiger partial charge in [-0.2, -0.15) is 0 Å². The van der Waals surface area contributed by atoms with Crippen molar-refractivity contribution in [2.24, 2.45) is 5.92 Å². The summed E-state index contributed by atoms with van der Waals surface area (Å²) < 4.78 is 26.8. The zero-order chi connectivity index (χ0) is 29.4. The minimum atomic E-state index is -3.83. The molecule has 0 aromatic heterocycles. The van der Waals surface area contributed by atoms with Crippen LogP contribution in [0.1, 0.15) is 30.5 Å². The lowest BCUT2D eigenvalue weighted by atomic mass is 10.0. The maximum absolute atomic E-state index is 14.1. The van der Waals surface area contributed by atoms with E-state index in [1.807, 2.05) is 57.2 Å². The summed E-state index contributed by atoms with van der Waals surface area (Å²) in [6.45, 7) is 5.72. The molecular formula is C30H35Cl2N3O4S. The zero-order valence-corrected chi connectivity index (χ0v) is 25.4. The second-order valence-electron chi connectivity index (χ2n) is 10.2. The molecule has 40 heavy (non-hydrogen) atoms. The van der Waals surface area contributed by atoms with Crippen molar-refractivity contribution in [2.45, 2.75) is 39.8 Å². The van der Waals surface area contributed by atoms with Gasteiger partial charge in [0.25, 0.3) is 0 Å². The highest BCUT2D eigenvalue weighted by atomic mass is 35.5. The van der Waals surface area contributed by atoms with Crippen LogP contribution < -0.4 is 9.62 Å². The quantitative estimate of drug-likeness (QED) is 0.297. The Morgan fingerprint density at radius 2 is 1.65 bits per heavy atom. The highest BCUT2D eigenvalue weighted by Crippen LogP contribution is 2.25. The molecule has 0 saturated carbocycles. The number of amides is 2. The van der Waals surface area contributed by atoms with Crippen LogP contribution in [-0.2, 0) is 32.6 Å². The number of carbonyl (C=O) groups is 2. The van der Waals surface area contributed by atoms with E-state index in [-0.39, 0.29) is 24.8 Å². The summed E-state index contributed by atoms with van der Waals surface area (Å²) in [7, 11) is -3.83. The summed E-state index contributed by atoms with van der Waals surface area (Å²) in [6.07, 6.45) is 1.28. The van der Waals surface area contributed by atoms with Gasteiger partial charge >= 0.3 is 0 Å². The van der Waals surface area contributed by atoms with Crippen molar-refractivity contribution in [3.05, 3.63) is 99.5 Å². The lowest BCUT2D eigenvalue weighted by Crippen LogP contribution is -2.53. The fourth-order valence-electron chi connectivity index (χ4n) is 4.21. The lowest BCUT2D eigenvalue weighted by molar-refractivity contribution is -0.140. The minimum Gasteiger partial charge on any atom is -0.354 e. The number of aryl methyl sites for hydroxylation is 1. The van der Waals surface area contributed by atoms with E-state index in [0.29, 0.717) is 27.8 Å². The van der Waals surface area contributed by atoms with Gasteiger partial charge in [-0.15, -0.1) is 0 Å². The van der Waals surface area contributed by atoms with E-state index in [2.05, 4.69) is 5.32 Å². The molecule has 0 radical (unpaired) electrons. The van der Waals surface area contributed by atoms with Crippen molar-refractivity contribution in [2.75, 3.05) is 23.7 Å². The van der Waals surface area contributed by atoms with Crippen LogP contribution in [0.3, 0.4) is 0 Å². The highest BCUT2D eigenvalue weighted by Gasteiger charge is 2.33. The topological polar surface area (TPSA) is 86.8 Å². The average molecular weight is 605 g/mol. The van der Waals surface area contributed by atoms with E-state index >= 15 is 0 Å². The second kappa shape index (κ2) is 14.0. The minimum absolute atomic E-state index is 0.0210. The molecule has 7 nitrogen and oxygen atoms in total. The second-order valence-corrected chi connectivity index (χ2v) is 13.0. The molecule has 0 bridgehead atoms. The molecule has 0 fully saturated rings. The molecular weight excluding hydrogens is 569 g/mol. The molecule has 0 aliphatic carbocycles. The normalized spacial score (nSPS) is 12.2. The molecule has 2 amide bonds. The van der Waals surface area contributed by atoms with Crippen LogP contribution in [0.2, 0.25) is 10.0 Å². The fourth-order valence-corrected chi connectivity index (χ4v) is 5.52. The molecule has 10 heteroatoms. The Hall–Kier alpha value is -3.07. The number of nitrogens with zero attached hydrogens (tertiary/aromatic N) is 2. The van der Waals surface area contributed by atoms with E-state index in [1.54, 1.807) is 36.4 Å². The van der Waals surface area contributed by atoms with Gasteiger partial charge in [-0.3, -0.25) is 13.9 Å². The third kappa shape index (κ3) is 8.98. The third-order valence-electron chi connectivity index (χ3n) is 6.28. The molecule has 3 aromatic rings. The number of carbonyl (C=O) groups excluding carboxylic acids is 2. The van der Waals surface area contributed by atoms with Crippen molar-refractivity contribution in [3.63, 3.8) is 0 Å². The molecule has 3 rings (SSSR count). The van der Waals surface area contributed by atoms with Crippen molar-refractivity contribution in [3.8, 4) is 0 Å². The van der Waals surface area contributed by atoms with Crippen LogP contribution in [-0.4, -0.2) is 50.5 Å². The number of benzene rings is 3. The van der Waals surface area contributed by atoms with Crippen molar-refractivity contribution in [1.29, 1.82) is 0 Å². The highest BCUT2D eigenvalue weighted by molar-refractivity contribution is 7.92. The summed E-state index contributed by atoms with van der Waals surface area (Å²) in [6, 6.07) is 20.3. The van der Waals surface area contributed by atoms with Gasteiger partial charge in [0.1, 0.15) is 12.6 Å². The maximum atomic E-state index is 14.1. The first kappa shape index (κ1) is 31.5. The Morgan fingerprint density at radius 1 is 0.950 bits per heavy atom. The molecule has 0 heterocycles. The molecule has 3 aromatic carbocycles. The molecule has 0 spiro atoms. The van der Waals surface area contributed by atoms with Gasteiger partial charge in [-0.05, 0) is 53.8 Å². The molecule has 1 N–H and O–H groups in total. The first-order chi connectivity index (χ1) is 18.8. The van der Waals surface area contributed by atoms with E-state index in [9.17, 15) is 18.0 Å². The summed E-state index contributed by atoms with van der Waals surface area (Å²) in [5.74, 6) is -0.686. The summed E-state index contributed by atoms with van der Waals surface area (Å²) >= 11 is 12.6. The first-order valence-corrected chi connectivity index (χ1v) is 15.5. The largest absolute Gasteiger partial charge is 0.354 e. The fraction of sp³-hybridized carbons (Fsp3) is 0.333. The van der Waals surface area contributed by atoms with Gasteiger partial charge in [0.05, 0.1) is 11.9 Å². The number of hydrogen-bond donors (Lipinski definition) is 1. The van der Waals surface area contributed by atoms with Gasteiger partial charge in [0.15, 0.2) is 0 Å². The number of sulfonamides is 1. The van der Waals surface area contributed by atoms with Gasteiger partial charge in [0, 0.05) is 29.6 Å². The average Bonchev–Trinajstić information content (AvgIpc) is 2.88. The molecule has 214 valence electrons. The summed E-state index contributed by atoms with van der Waals surface area (Å²) in [4.78, 5) is 29.1. The first-order valence-electron chi connectivity index (χ1n) is 12.9. The maximum Gasteiger partial charge on any atom is 0.244 e. The van der Waals surface area contributed by atoms with Gasteiger partial charge in [0.2, 0.25) is 21.8 Å². The van der Waals surface area contributed by atoms with Crippen LogP contribution in [0, 0.1) is 12.8 Å². The SMILES string of the molecule is Cc1cccc(N(CC(=O)N(Cc2ccc(Cl)cc2Cl)C(Cc2ccccc2)C(=O)NCC(C)C)S(C)(=O)=O)c1. The number of anilines is 1. The van der Waals surface area contributed by atoms with Gasteiger partial charge < -0.3 is 10.2 Å². The van der Waals surface area contributed by atoms with E-state index in [0.717, 1.165) is 21.7 Å². The molecule has 0 aliphatic rings. The summed E-state index contributed by atoms with van der Waals surface area (Å²) in [5, 5.41) is 3.72. The number of halogens is 2. The smallest absolute Gasteiger partial charge is 0.244 e. The molecule has 0 aliphatic heterocycles. The molecule has 1 atom stereocenters. The Balaban J connectivity index is 2.07. The number of hydrogen-bond acceptors (Lipinski definition) is 4. The zero-order valence-electron chi connectivity index (χ0n) is 23.1. The van der Waals surface area contributed by atoms with Crippen molar-refractivity contribution in [1.82, 2.24) is 10.2 Å². The molecule has 1 unspecified atom stereocenters. The van der Waals surface area contributed by atoms with Crippen LogP contribution in [0.25, 0.3) is 0 Å². The summed E-state index contributed by atoms with van der Waals surface area (Å²) in [5.41, 5.74) is 2.64.